The summed E-state index contributed by atoms with van der Waals surface area (Å²) in [5, 5.41) is 10.5. The minimum absolute atomic E-state index is 0.0135. The highest BCUT2D eigenvalue weighted by atomic mass is 35.5. The van der Waals surface area contributed by atoms with E-state index in [1.54, 1.807) is 23.9 Å². The van der Waals surface area contributed by atoms with E-state index in [1.807, 2.05) is 6.92 Å². The molecule has 14 heavy (non-hydrogen) atoms. The quantitative estimate of drug-likeness (QED) is 0.375. The van der Waals surface area contributed by atoms with Crippen LogP contribution in [0.5, 0.6) is 0 Å². The van der Waals surface area contributed by atoms with Gasteiger partial charge in [0, 0.05) is 22.7 Å². The van der Waals surface area contributed by atoms with Gasteiger partial charge in [0.2, 0.25) is 0 Å². The van der Waals surface area contributed by atoms with Gasteiger partial charge < -0.3 is 0 Å². The Hall–Kier alpha value is -0.940. The van der Waals surface area contributed by atoms with Crippen LogP contribution in [0.25, 0.3) is 0 Å². The van der Waals surface area contributed by atoms with E-state index in [0.717, 1.165) is 10.6 Å². The molecule has 0 bridgehead atoms. The van der Waals surface area contributed by atoms with Crippen molar-refractivity contribution in [3.63, 3.8) is 0 Å². The van der Waals surface area contributed by atoms with Gasteiger partial charge in [0.1, 0.15) is 5.69 Å². The van der Waals surface area contributed by atoms with Crippen molar-refractivity contribution in [3.8, 4) is 0 Å². The Balaban J connectivity index is 3.05. The third kappa shape index (κ3) is 2.52. The first-order valence-electron chi connectivity index (χ1n) is 3.97. The van der Waals surface area contributed by atoms with Crippen molar-refractivity contribution in [1.82, 2.24) is 0 Å². The topological polar surface area (TPSA) is 55.2 Å². The van der Waals surface area contributed by atoms with Crippen LogP contribution in [0.3, 0.4) is 0 Å². The zero-order valence-electron chi connectivity index (χ0n) is 7.49. The van der Waals surface area contributed by atoms with E-state index in [2.05, 4.69) is 4.84 Å². The number of nitro benzene ring substituents is 1. The van der Waals surface area contributed by atoms with E-state index >= 15 is 0 Å². The molecule has 0 aliphatic heterocycles. The lowest BCUT2D eigenvalue weighted by Gasteiger charge is -2.02. The Kier molecular flexibility index (Phi) is 4.03. The van der Waals surface area contributed by atoms with Crippen molar-refractivity contribution in [2.75, 3.05) is 10.6 Å². The molecule has 0 radical (unpaired) electrons. The van der Waals surface area contributed by atoms with Crippen LogP contribution in [-0.2, 0) is 0 Å². The van der Waals surface area contributed by atoms with E-state index in [-0.39, 0.29) is 5.69 Å². The lowest BCUT2D eigenvalue weighted by atomic mass is 10.3. The van der Waals surface area contributed by atoms with Gasteiger partial charge in [-0.3, -0.25) is 15.0 Å². The van der Waals surface area contributed by atoms with Crippen LogP contribution in [0.15, 0.2) is 23.1 Å². The van der Waals surface area contributed by atoms with E-state index in [1.165, 1.54) is 6.07 Å². The zero-order valence-corrected chi connectivity index (χ0v) is 9.06. The summed E-state index contributed by atoms with van der Waals surface area (Å²) in [6.45, 7) is 2.01. The van der Waals surface area contributed by atoms with Crippen LogP contribution >= 0.6 is 23.5 Å². The molecule has 0 heterocycles. The molecule has 0 fully saturated rings. The molecule has 1 rings (SSSR count). The molecule has 6 heteroatoms. The summed E-state index contributed by atoms with van der Waals surface area (Å²) < 4.78 is 0. The van der Waals surface area contributed by atoms with E-state index in [9.17, 15) is 10.1 Å². The van der Waals surface area contributed by atoms with E-state index in [0.29, 0.717) is 5.69 Å². The molecular weight excluding hydrogens is 224 g/mol. The normalized spacial score (nSPS) is 9.86. The van der Waals surface area contributed by atoms with Crippen molar-refractivity contribution in [2.24, 2.45) is 0 Å². The number of nitrogens with one attached hydrogen (secondary N) is 1. The molecule has 0 aliphatic rings. The molecule has 0 aromatic heterocycles. The molecule has 4 nitrogen and oxygen atoms in total. The highest BCUT2D eigenvalue weighted by Crippen LogP contribution is 2.30. The van der Waals surface area contributed by atoms with Crippen LogP contribution in [0, 0.1) is 10.1 Å². The largest absolute Gasteiger partial charge is 0.293 e. The molecule has 1 N–H and O–H groups in total. The lowest BCUT2D eigenvalue weighted by Crippen LogP contribution is -1.93. The molecule has 0 aliphatic carbocycles. The molecule has 0 saturated carbocycles. The third-order valence-electron chi connectivity index (χ3n) is 1.58. The molecule has 0 saturated heterocycles. The van der Waals surface area contributed by atoms with Gasteiger partial charge in [-0.2, -0.15) is 0 Å². The van der Waals surface area contributed by atoms with Gasteiger partial charge in [-0.25, -0.2) is 0 Å². The lowest BCUT2D eigenvalue weighted by molar-refractivity contribution is -0.383. The predicted octanol–water partition coefficient (Wildman–Crippen LogP) is 3.27. The number of hydrogen-bond donors (Lipinski definition) is 1. The standard InChI is InChI=1S/C8H9ClN2O2S/c1-2-14-6-3-4-8(11(12)13)7(5-6)10-9/h3-5,10H,2H2,1H3. The first kappa shape index (κ1) is 11.1. The molecule has 0 atom stereocenters. The number of anilines is 1. The van der Waals surface area contributed by atoms with Crippen molar-refractivity contribution >= 4 is 34.9 Å². The number of nitrogens with zero attached hydrogens (tertiary/aromatic N) is 1. The highest BCUT2D eigenvalue weighted by Gasteiger charge is 2.13. The molecule has 76 valence electrons. The summed E-state index contributed by atoms with van der Waals surface area (Å²) in [7, 11) is 0. The first-order valence-corrected chi connectivity index (χ1v) is 5.33. The smallest absolute Gasteiger partial charge is 0.292 e. The Morgan fingerprint density at radius 3 is 2.86 bits per heavy atom. The zero-order chi connectivity index (χ0) is 10.6. The Bertz CT molecular complexity index is 346. The molecule has 0 unspecified atom stereocenters. The van der Waals surface area contributed by atoms with Crippen LogP contribution in [-0.4, -0.2) is 10.7 Å². The fraction of sp³-hybridized carbons (Fsp3) is 0.250. The van der Waals surface area contributed by atoms with Gasteiger partial charge in [-0.05, 0) is 17.9 Å². The van der Waals surface area contributed by atoms with Gasteiger partial charge in [0.15, 0.2) is 0 Å². The highest BCUT2D eigenvalue weighted by molar-refractivity contribution is 7.99. The molecule has 0 amide bonds. The second kappa shape index (κ2) is 5.07. The third-order valence-corrected chi connectivity index (χ3v) is 2.66. The minimum atomic E-state index is -0.467. The molecule has 1 aromatic carbocycles. The maximum absolute atomic E-state index is 10.5. The second-order valence-electron chi connectivity index (χ2n) is 2.46. The number of nitro groups is 1. The fourth-order valence-electron chi connectivity index (χ4n) is 1.01. The van der Waals surface area contributed by atoms with E-state index < -0.39 is 4.92 Å². The second-order valence-corrected chi connectivity index (χ2v) is 3.99. The predicted molar refractivity (Wildman–Crippen MR) is 59.0 cm³/mol. The monoisotopic (exact) mass is 232 g/mol. The number of hydrogen-bond acceptors (Lipinski definition) is 4. The van der Waals surface area contributed by atoms with Crippen LogP contribution in [0.2, 0.25) is 0 Å². The summed E-state index contributed by atoms with van der Waals surface area (Å²) in [4.78, 5) is 13.3. The number of benzene rings is 1. The van der Waals surface area contributed by atoms with Gasteiger partial charge in [-0.1, -0.05) is 6.92 Å². The SMILES string of the molecule is CCSc1ccc([N+](=O)[O-])c(NCl)c1. The average molecular weight is 233 g/mol. The fourth-order valence-corrected chi connectivity index (χ4v) is 1.86. The average Bonchev–Trinajstić information content (AvgIpc) is 2.17. The number of halogens is 1. The minimum Gasteiger partial charge on any atom is -0.292 e. The van der Waals surface area contributed by atoms with Gasteiger partial charge in [-0.15, -0.1) is 11.8 Å². The Morgan fingerprint density at radius 2 is 2.36 bits per heavy atom. The Morgan fingerprint density at radius 1 is 1.64 bits per heavy atom. The summed E-state index contributed by atoms with van der Waals surface area (Å²) in [6.07, 6.45) is 0. The molecular formula is C8H9ClN2O2S. The van der Waals surface area contributed by atoms with Gasteiger partial charge in [0.25, 0.3) is 5.69 Å². The van der Waals surface area contributed by atoms with E-state index in [4.69, 9.17) is 11.8 Å². The molecule has 1 aromatic rings. The van der Waals surface area contributed by atoms with Crippen molar-refractivity contribution < 1.29 is 4.92 Å². The molecule has 0 spiro atoms. The summed E-state index contributed by atoms with van der Waals surface area (Å²) in [5.74, 6) is 0.916. The van der Waals surface area contributed by atoms with Crippen LogP contribution < -0.4 is 4.84 Å². The van der Waals surface area contributed by atoms with Crippen LogP contribution in [0.4, 0.5) is 11.4 Å². The maximum Gasteiger partial charge on any atom is 0.293 e. The van der Waals surface area contributed by atoms with Crippen molar-refractivity contribution in [2.45, 2.75) is 11.8 Å². The number of thioether (sulfide) groups is 1. The maximum atomic E-state index is 10.5. The van der Waals surface area contributed by atoms with Gasteiger partial charge in [0.05, 0.1) is 4.92 Å². The summed E-state index contributed by atoms with van der Waals surface area (Å²) in [6, 6.07) is 4.83. The first-order chi connectivity index (χ1) is 6.69. The Labute approximate surface area is 90.9 Å². The summed E-state index contributed by atoms with van der Waals surface area (Å²) in [5.41, 5.74) is 0.315. The summed E-state index contributed by atoms with van der Waals surface area (Å²) >= 11 is 6.99. The van der Waals surface area contributed by atoms with Crippen LogP contribution in [0.1, 0.15) is 6.92 Å². The van der Waals surface area contributed by atoms with Crippen molar-refractivity contribution in [3.05, 3.63) is 28.3 Å². The van der Waals surface area contributed by atoms with Crippen molar-refractivity contribution in [1.29, 1.82) is 0 Å². The number of rotatable bonds is 4. The van der Waals surface area contributed by atoms with Gasteiger partial charge >= 0.3 is 0 Å².